The summed E-state index contributed by atoms with van der Waals surface area (Å²) in [6.45, 7) is 4.61. The largest absolute Gasteiger partial charge is 0.428 e. The van der Waals surface area contributed by atoms with E-state index < -0.39 is 6.07 Å². The quantitative estimate of drug-likeness (QED) is 0.190. The van der Waals surface area contributed by atoms with E-state index in [1.165, 1.54) is 27.8 Å². The van der Waals surface area contributed by atoms with Crippen molar-refractivity contribution in [2.75, 3.05) is 4.90 Å². The Kier molecular flexibility index (Phi) is 6.55. The van der Waals surface area contributed by atoms with E-state index in [2.05, 4.69) is 97.6 Å². The Morgan fingerprint density at radius 1 is 0.615 bits per heavy atom. The lowest BCUT2D eigenvalue weighted by molar-refractivity contribution is 0.513. The molecule has 6 heteroatoms. The SMILES string of the molecule is CC1(C)c2ccccc2-c2ccc(-c3ccc(N(c4ccccc4)c4ccc(OP(=O)(Cl)Cl)cc4)cc3)cc21. The molecule has 0 bridgehead atoms. The van der Waals surface area contributed by atoms with E-state index in [-0.39, 0.29) is 5.41 Å². The fraction of sp³-hybridized carbons (Fsp3) is 0.0909. The Bertz CT molecular complexity index is 1690. The van der Waals surface area contributed by atoms with Crippen LogP contribution in [0.15, 0.2) is 121 Å². The Morgan fingerprint density at radius 2 is 1.15 bits per heavy atom. The highest BCUT2D eigenvalue weighted by molar-refractivity contribution is 8.05. The van der Waals surface area contributed by atoms with Crippen molar-refractivity contribution in [3.8, 4) is 28.0 Å². The third-order valence-electron chi connectivity index (χ3n) is 7.36. The molecule has 0 aliphatic heterocycles. The second-order valence-corrected chi connectivity index (χ2v) is 14.3. The number of anilines is 3. The van der Waals surface area contributed by atoms with Crippen LogP contribution < -0.4 is 9.42 Å². The average molecular weight is 570 g/mol. The van der Waals surface area contributed by atoms with E-state index in [9.17, 15) is 4.57 Å². The minimum Gasteiger partial charge on any atom is -0.422 e. The zero-order valence-electron chi connectivity index (χ0n) is 21.5. The fourth-order valence-electron chi connectivity index (χ4n) is 5.49. The monoisotopic (exact) mass is 569 g/mol. The van der Waals surface area contributed by atoms with Crippen molar-refractivity contribution in [2.24, 2.45) is 0 Å². The number of hydrogen-bond donors (Lipinski definition) is 0. The van der Waals surface area contributed by atoms with Gasteiger partial charge in [0.1, 0.15) is 5.75 Å². The number of fused-ring (bicyclic) bond motifs is 3. The maximum Gasteiger partial charge on any atom is 0.428 e. The van der Waals surface area contributed by atoms with Crippen molar-refractivity contribution in [2.45, 2.75) is 19.3 Å². The van der Waals surface area contributed by atoms with Crippen molar-refractivity contribution in [3.05, 3.63) is 132 Å². The molecule has 1 aliphatic rings. The Hall–Kier alpha value is -3.49. The smallest absolute Gasteiger partial charge is 0.422 e. The van der Waals surface area contributed by atoms with Crippen molar-refractivity contribution < 1.29 is 9.09 Å². The third-order valence-corrected chi connectivity index (χ3v) is 8.20. The molecule has 1 aliphatic carbocycles. The van der Waals surface area contributed by atoms with Gasteiger partial charge in [0.2, 0.25) is 0 Å². The van der Waals surface area contributed by atoms with Crippen LogP contribution in [0.1, 0.15) is 25.0 Å². The first-order valence-electron chi connectivity index (χ1n) is 12.7. The first-order valence-corrected chi connectivity index (χ1v) is 16.1. The summed E-state index contributed by atoms with van der Waals surface area (Å²) in [6, 6.07) is 41.4. The molecule has 0 fully saturated rings. The molecular weight excluding hydrogens is 544 g/mol. The van der Waals surface area contributed by atoms with Crippen molar-refractivity contribution in [3.63, 3.8) is 0 Å². The predicted molar refractivity (Wildman–Crippen MR) is 164 cm³/mol. The lowest BCUT2D eigenvalue weighted by atomic mass is 9.81. The molecule has 0 amide bonds. The van der Waals surface area contributed by atoms with Gasteiger partial charge in [-0.3, -0.25) is 0 Å². The topological polar surface area (TPSA) is 29.5 Å². The van der Waals surface area contributed by atoms with Gasteiger partial charge in [-0.2, -0.15) is 0 Å². The van der Waals surface area contributed by atoms with Crippen LogP contribution in [0.3, 0.4) is 0 Å². The molecule has 0 N–H and O–H groups in total. The molecule has 0 saturated carbocycles. The Balaban J connectivity index is 1.35. The van der Waals surface area contributed by atoms with E-state index in [1.54, 1.807) is 12.1 Å². The maximum atomic E-state index is 11.6. The fourth-order valence-corrected chi connectivity index (χ4v) is 6.34. The second-order valence-electron chi connectivity index (χ2n) is 10.1. The molecule has 3 nitrogen and oxygen atoms in total. The molecule has 0 heterocycles. The highest BCUT2D eigenvalue weighted by Crippen LogP contribution is 2.57. The molecule has 5 aromatic rings. The predicted octanol–water partition coefficient (Wildman–Crippen LogP) is 11.1. The van der Waals surface area contributed by atoms with Gasteiger partial charge in [0.15, 0.2) is 0 Å². The van der Waals surface area contributed by atoms with Gasteiger partial charge in [-0.1, -0.05) is 80.6 Å². The number of nitrogens with zero attached hydrogens (tertiary/aromatic N) is 1. The Morgan fingerprint density at radius 3 is 1.82 bits per heavy atom. The maximum absolute atomic E-state index is 11.6. The lowest BCUT2D eigenvalue weighted by Gasteiger charge is -2.26. The molecular formula is C33H26Cl2NO2P. The number of rotatable bonds is 6. The summed E-state index contributed by atoms with van der Waals surface area (Å²) in [5, 5.41) is 0. The normalized spacial score (nSPS) is 13.4. The number of para-hydroxylation sites is 1. The van der Waals surface area contributed by atoms with Crippen LogP contribution in [-0.2, 0) is 9.98 Å². The van der Waals surface area contributed by atoms with Crippen molar-refractivity contribution in [1.82, 2.24) is 0 Å². The lowest BCUT2D eigenvalue weighted by Crippen LogP contribution is -2.14. The van der Waals surface area contributed by atoms with Gasteiger partial charge in [-0.05, 0) is 88.0 Å². The van der Waals surface area contributed by atoms with Crippen LogP contribution in [0.4, 0.5) is 17.1 Å². The molecule has 6 rings (SSSR count). The first-order chi connectivity index (χ1) is 18.7. The molecule has 0 radical (unpaired) electrons. The van der Waals surface area contributed by atoms with E-state index >= 15 is 0 Å². The average Bonchev–Trinajstić information content (AvgIpc) is 3.16. The van der Waals surface area contributed by atoms with Gasteiger partial charge in [0, 0.05) is 45.0 Å². The minimum absolute atomic E-state index is 0.0392. The second kappa shape index (κ2) is 9.92. The number of halogens is 2. The van der Waals surface area contributed by atoms with E-state index in [0.29, 0.717) is 5.75 Å². The van der Waals surface area contributed by atoms with Crippen LogP contribution in [0, 0.1) is 0 Å². The summed E-state index contributed by atoms with van der Waals surface area (Å²) in [5.41, 5.74) is 10.6. The molecule has 0 saturated heterocycles. The van der Waals surface area contributed by atoms with Gasteiger partial charge in [-0.25, -0.2) is 4.57 Å². The first kappa shape index (κ1) is 25.8. The van der Waals surface area contributed by atoms with Crippen molar-refractivity contribution in [1.29, 1.82) is 0 Å². The third kappa shape index (κ3) is 4.99. The summed E-state index contributed by atoms with van der Waals surface area (Å²) in [7, 11) is 0. The zero-order chi connectivity index (χ0) is 27.2. The standard InChI is InChI=1S/C33H26Cl2NO2P/c1-33(2)31-11-7-6-10-29(31)30-21-14-24(22-32(30)33)23-12-15-26(16-13-23)36(25-8-4-3-5-9-25)27-17-19-28(20-18-27)38-39(34,35)37/h3-22H,1-2H3. The minimum atomic E-state index is -3.68. The van der Waals surface area contributed by atoms with E-state index in [4.69, 9.17) is 27.0 Å². The molecule has 0 atom stereocenters. The van der Waals surface area contributed by atoms with Crippen LogP contribution in [-0.4, -0.2) is 0 Å². The van der Waals surface area contributed by atoms with Gasteiger partial charge >= 0.3 is 6.07 Å². The van der Waals surface area contributed by atoms with Crippen LogP contribution in [0.25, 0.3) is 22.3 Å². The molecule has 0 spiro atoms. The summed E-state index contributed by atoms with van der Waals surface area (Å²) < 4.78 is 16.8. The van der Waals surface area contributed by atoms with Gasteiger partial charge in [0.25, 0.3) is 0 Å². The van der Waals surface area contributed by atoms with Crippen LogP contribution in [0.2, 0.25) is 0 Å². The molecule has 0 aromatic heterocycles. The van der Waals surface area contributed by atoms with Gasteiger partial charge < -0.3 is 9.42 Å². The van der Waals surface area contributed by atoms with E-state index in [1.807, 2.05) is 30.3 Å². The summed E-state index contributed by atoms with van der Waals surface area (Å²) in [5.74, 6) is 0.345. The van der Waals surface area contributed by atoms with Gasteiger partial charge in [0.05, 0.1) is 0 Å². The Labute approximate surface area is 238 Å². The van der Waals surface area contributed by atoms with Gasteiger partial charge in [-0.15, -0.1) is 0 Å². The van der Waals surface area contributed by atoms with Crippen LogP contribution >= 0.6 is 28.6 Å². The summed E-state index contributed by atoms with van der Waals surface area (Å²) >= 11 is 11.2. The number of benzene rings is 5. The van der Waals surface area contributed by atoms with Crippen molar-refractivity contribution >= 4 is 45.6 Å². The number of hydrogen-bond acceptors (Lipinski definition) is 3. The molecule has 0 unspecified atom stereocenters. The summed E-state index contributed by atoms with van der Waals surface area (Å²) in [4.78, 5) is 2.15. The molecule has 194 valence electrons. The van der Waals surface area contributed by atoms with Crippen LogP contribution in [0.5, 0.6) is 5.75 Å². The van der Waals surface area contributed by atoms with E-state index in [0.717, 1.165) is 22.6 Å². The highest BCUT2D eigenvalue weighted by atomic mass is 35.9. The zero-order valence-corrected chi connectivity index (χ0v) is 23.9. The highest BCUT2D eigenvalue weighted by Gasteiger charge is 2.35. The molecule has 39 heavy (non-hydrogen) atoms. The summed E-state index contributed by atoms with van der Waals surface area (Å²) in [6.07, 6.45) is -3.68. The molecule has 5 aromatic carbocycles.